The van der Waals surface area contributed by atoms with E-state index in [2.05, 4.69) is 44.8 Å². The largest absolute Gasteiger partial charge is 0.495 e. The molecule has 1 atom stereocenters. The number of halogens is 2. The average Bonchev–Trinajstić information content (AvgIpc) is 2.38. The first kappa shape index (κ1) is 15.8. The number of alkyl halides is 1. The molecule has 1 unspecified atom stereocenters. The van der Waals surface area contributed by atoms with E-state index in [1.165, 1.54) is 24.8 Å². The van der Waals surface area contributed by atoms with Gasteiger partial charge in [0.05, 0.1) is 14.2 Å². The SMILES string of the molecule is CCCCCC(Br)c1ccc(OC)c(Br)c1OC. The van der Waals surface area contributed by atoms with Crippen LogP contribution >= 0.6 is 31.9 Å². The summed E-state index contributed by atoms with van der Waals surface area (Å²) in [5.74, 6) is 1.65. The predicted molar refractivity (Wildman–Crippen MR) is 83.1 cm³/mol. The summed E-state index contributed by atoms with van der Waals surface area (Å²) in [5, 5.41) is 0. The molecule has 0 saturated carbocycles. The van der Waals surface area contributed by atoms with Crippen molar-refractivity contribution in [1.29, 1.82) is 0 Å². The van der Waals surface area contributed by atoms with Gasteiger partial charge in [-0.1, -0.05) is 48.2 Å². The van der Waals surface area contributed by atoms with E-state index < -0.39 is 0 Å². The van der Waals surface area contributed by atoms with Crippen LogP contribution in [-0.4, -0.2) is 14.2 Å². The highest BCUT2D eigenvalue weighted by atomic mass is 79.9. The van der Waals surface area contributed by atoms with Crippen molar-refractivity contribution in [1.82, 2.24) is 0 Å². The van der Waals surface area contributed by atoms with Crippen LogP contribution in [0.15, 0.2) is 16.6 Å². The van der Waals surface area contributed by atoms with E-state index in [-0.39, 0.29) is 0 Å². The van der Waals surface area contributed by atoms with Gasteiger partial charge >= 0.3 is 0 Å². The normalized spacial score (nSPS) is 12.3. The fourth-order valence-electron chi connectivity index (χ4n) is 1.89. The lowest BCUT2D eigenvalue weighted by molar-refractivity contribution is 0.385. The van der Waals surface area contributed by atoms with Crippen molar-refractivity contribution < 1.29 is 9.47 Å². The van der Waals surface area contributed by atoms with E-state index in [0.29, 0.717) is 4.83 Å². The van der Waals surface area contributed by atoms with Gasteiger partial charge in [0.1, 0.15) is 16.0 Å². The molecule has 0 fully saturated rings. The molecule has 1 rings (SSSR count). The molecule has 0 spiro atoms. The van der Waals surface area contributed by atoms with Crippen LogP contribution in [0.4, 0.5) is 0 Å². The molecular formula is C14H20Br2O2. The van der Waals surface area contributed by atoms with Gasteiger partial charge in [-0.3, -0.25) is 0 Å². The molecule has 102 valence electrons. The molecule has 0 aliphatic rings. The zero-order chi connectivity index (χ0) is 13.5. The Morgan fingerprint density at radius 2 is 1.89 bits per heavy atom. The van der Waals surface area contributed by atoms with Crippen molar-refractivity contribution in [2.75, 3.05) is 14.2 Å². The maximum atomic E-state index is 5.49. The van der Waals surface area contributed by atoms with Gasteiger partial charge in [-0.05, 0) is 28.4 Å². The second kappa shape index (κ2) is 8.05. The summed E-state index contributed by atoms with van der Waals surface area (Å²) in [7, 11) is 3.35. The summed E-state index contributed by atoms with van der Waals surface area (Å²) in [6.07, 6.45) is 4.84. The van der Waals surface area contributed by atoms with Gasteiger partial charge in [-0.25, -0.2) is 0 Å². The fraction of sp³-hybridized carbons (Fsp3) is 0.571. The average molecular weight is 380 g/mol. The molecule has 1 aromatic carbocycles. The van der Waals surface area contributed by atoms with Crippen LogP contribution in [0.25, 0.3) is 0 Å². The maximum absolute atomic E-state index is 5.49. The van der Waals surface area contributed by atoms with E-state index in [9.17, 15) is 0 Å². The lowest BCUT2D eigenvalue weighted by Gasteiger charge is -2.17. The molecule has 0 N–H and O–H groups in total. The third-order valence-corrected chi connectivity index (χ3v) is 4.62. The highest BCUT2D eigenvalue weighted by Crippen LogP contribution is 2.43. The van der Waals surface area contributed by atoms with Gasteiger partial charge in [-0.2, -0.15) is 0 Å². The molecule has 0 heterocycles. The first-order valence-corrected chi connectivity index (χ1v) is 7.91. The highest BCUT2D eigenvalue weighted by Gasteiger charge is 2.18. The van der Waals surface area contributed by atoms with Crippen LogP contribution in [0.2, 0.25) is 0 Å². The van der Waals surface area contributed by atoms with E-state index in [4.69, 9.17) is 9.47 Å². The number of hydrogen-bond donors (Lipinski definition) is 0. The molecule has 0 radical (unpaired) electrons. The first-order valence-electron chi connectivity index (χ1n) is 6.20. The van der Waals surface area contributed by atoms with Crippen molar-refractivity contribution in [3.05, 3.63) is 22.2 Å². The van der Waals surface area contributed by atoms with E-state index in [1.807, 2.05) is 6.07 Å². The second-order valence-electron chi connectivity index (χ2n) is 4.17. The minimum atomic E-state index is 0.321. The van der Waals surface area contributed by atoms with Crippen molar-refractivity contribution in [2.24, 2.45) is 0 Å². The number of methoxy groups -OCH3 is 2. The monoisotopic (exact) mass is 378 g/mol. The quantitative estimate of drug-likeness (QED) is 0.461. The molecule has 0 saturated heterocycles. The van der Waals surface area contributed by atoms with Crippen molar-refractivity contribution in [3.63, 3.8) is 0 Å². The zero-order valence-corrected chi connectivity index (χ0v) is 14.3. The number of unbranched alkanes of at least 4 members (excludes halogenated alkanes) is 2. The summed E-state index contributed by atoms with van der Waals surface area (Å²) < 4.78 is 11.6. The molecule has 0 aromatic heterocycles. The van der Waals surface area contributed by atoms with E-state index in [0.717, 1.165) is 22.4 Å². The molecule has 1 aromatic rings. The minimum Gasteiger partial charge on any atom is -0.495 e. The smallest absolute Gasteiger partial charge is 0.141 e. The maximum Gasteiger partial charge on any atom is 0.141 e. The lowest BCUT2D eigenvalue weighted by Crippen LogP contribution is -1.98. The van der Waals surface area contributed by atoms with Crippen LogP contribution in [0.3, 0.4) is 0 Å². The van der Waals surface area contributed by atoms with Gasteiger partial charge in [-0.15, -0.1) is 0 Å². The van der Waals surface area contributed by atoms with Gasteiger partial charge in [0.25, 0.3) is 0 Å². The Bertz CT molecular complexity index is 380. The van der Waals surface area contributed by atoms with Gasteiger partial charge in [0.2, 0.25) is 0 Å². The van der Waals surface area contributed by atoms with Crippen LogP contribution in [0.1, 0.15) is 43.0 Å². The Balaban J connectivity index is 2.90. The molecule has 0 bridgehead atoms. The van der Waals surface area contributed by atoms with Gasteiger partial charge < -0.3 is 9.47 Å². The van der Waals surface area contributed by atoms with Crippen LogP contribution in [0, 0.1) is 0 Å². The van der Waals surface area contributed by atoms with E-state index >= 15 is 0 Å². The number of hydrogen-bond acceptors (Lipinski definition) is 2. The molecule has 2 nitrogen and oxygen atoms in total. The number of rotatable bonds is 7. The zero-order valence-electron chi connectivity index (χ0n) is 11.1. The van der Waals surface area contributed by atoms with Gasteiger partial charge in [0.15, 0.2) is 0 Å². The fourth-order valence-corrected chi connectivity index (χ4v) is 3.26. The Morgan fingerprint density at radius 3 is 2.44 bits per heavy atom. The number of benzene rings is 1. The molecule has 0 aliphatic heterocycles. The van der Waals surface area contributed by atoms with Crippen molar-refractivity contribution in [2.45, 2.75) is 37.4 Å². The summed E-state index contributed by atoms with van der Waals surface area (Å²) in [4.78, 5) is 0.321. The molecular weight excluding hydrogens is 360 g/mol. The van der Waals surface area contributed by atoms with E-state index in [1.54, 1.807) is 14.2 Å². The van der Waals surface area contributed by atoms with Crippen LogP contribution < -0.4 is 9.47 Å². The first-order chi connectivity index (χ1) is 8.65. The Labute approximate surface area is 126 Å². The Hall–Kier alpha value is -0.220. The third kappa shape index (κ3) is 3.89. The number of ether oxygens (including phenoxy) is 2. The Morgan fingerprint density at radius 1 is 1.17 bits per heavy atom. The lowest BCUT2D eigenvalue weighted by atomic mass is 10.0. The molecule has 0 amide bonds. The second-order valence-corrected chi connectivity index (χ2v) is 6.07. The van der Waals surface area contributed by atoms with Gasteiger partial charge in [0, 0.05) is 10.4 Å². The predicted octanol–water partition coefficient (Wildman–Crippen LogP) is 5.48. The summed E-state index contributed by atoms with van der Waals surface area (Å²) in [5.41, 5.74) is 1.17. The molecule has 0 aliphatic carbocycles. The highest BCUT2D eigenvalue weighted by molar-refractivity contribution is 9.10. The topological polar surface area (TPSA) is 18.5 Å². The summed E-state index contributed by atoms with van der Waals surface area (Å²) in [6, 6.07) is 4.03. The standard InChI is InChI=1S/C14H20Br2O2/c1-4-5-6-7-11(15)10-8-9-12(17-2)13(16)14(10)18-3/h8-9,11H,4-7H2,1-3H3. The van der Waals surface area contributed by atoms with Crippen molar-refractivity contribution >= 4 is 31.9 Å². The van der Waals surface area contributed by atoms with Crippen LogP contribution in [0.5, 0.6) is 11.5 Å². The third-order valence-electron chi connectivity index (χ3n) is 2.91. The Kier molecular flexibility index (Phi) is 7.08. The minimum absolute atomic E-state index is 0.321. The summed E-state index contributed by atoms with van der Waals surface area (Å²) in [6.45, 7) is 2.22. The summed E-state index contributed by atoms with van der Waals surface area (Å²) >= 11 is 7.28. The molecule has 4 heteroatoms. The van der Waals surface area contributed by atoms with Crippen molar-refractivity contribution in [3.8, 4) is 11.5 Å². The van der Waals surface area contributed by atoms with Crippen LogP contribution in [-0.2, 0) is 0 Å². The molecule has 18 heavy (non-hydrogen) atoms.